The van der Waals surface area contributed by atoms with Crippen LogP contribution in [0.25, 0.3) is 0 Å². The third-order valence-corrected chi connectivity index (χ3v) is 3.59. The maximum absolute atomic E-state index is 12.1. The summed E-state index contributed by atoms with van der Waals surface area (Å²) in [7, 11) is 1.63. The minimum absolute atomic E-state index is 0.0578. The molecule has 2 aromatic carbocycles. The molecule has 1 aromatic heterocycles. The molecule has 0 unspecified atom stereocenters. The first kappa shape index (κ1) is 16.6. The van der Waals surface area contributed by atoms with Gasteiger partial charge in [-0.15, -0.1) is 0 Å². The molecule has 0 bridgehead atoms. The number of benzene rings is 2. The minimum atomic E-state index is -0.236. The molecule has 0 aliphatic rings. The van der Waals surface area contributed by atoms with Crippen LogP contribution >= 0.6 is 0 Å². The number of nitrogens with zero attached hydrogens (tertiary/aromatic N) is 2. The molecule has 1 amide bonds. The van der Waals surface area contributed by atoms with Crippen LogP contribution < -0.4 is 14.8 Å². The van der Waals surface area contributed by atoms with Gasteiger partial charge in [0.25, 0.3) is 5.91 Å². The molecular weight excluding hydrogens is 318 g/mol. The molecule has 1 N–H and O–H groups in total. The van der Waals surface area contributed by atoms with Crippen LogP contribution in [-0.4, -0.2) is 29.4 Å². The first-order chi connectivity index (χ1) is 12.2. The average molecular weight is 337 g/mol. The van der Waals surface area contributed by atoms with E-state index in [1.54, 1.807) is 36.2 Å². The number of nitrogens with one attached hydrogen (secondary N) is 1. The van der Waals surface area contributed by atoms with Crippen molar-refractivity contribution in [3.63, 3.8) is 0 Å². The van der Waals surface area contributed by atoms with Gasteiger partial charge in [0, 0.05) is 6.07 Å². The van der Waals surface area contributed by atoms with Gasteiger partial charge in [0.05, 0.1) is 19.9 Å². The highest BCUT2D eigenvalue weighted by Crippen LogP contribution is 2.15. The van der Waals surface area contributed by atoms with Gasteiger partial charge in [-0.25, -0.2) is 4.68 Å². The average Bonchev–Trinajstić information content (AvgIpc) is 3.08. The van der Waals surface area contributed by atoms with Crippen molar-refractivity contribution in [2.75, 3.05) is 19.0 Å². The van der Waals surface area contributed by atoms with E-state index in [0.29, 0.717) is 18.1 Å². The van der Waals surface area contributed by atoms with Crippen LogP contribution in [0.5, 0.6) is 11.5 Å². The molecular formula is C19H19N3O3. The van der Waals surface area contributed by atoms with Crippen LogP contribution in [0.15, 0.2) is 66.9 Å². The van der Waals surface area contributed by atoms with Crippen LogP contribution in [0.2, 0.25) is 0 Å². The van der Waals surface area contributed by atoms with Crippen molar-refractivity contribution in [2.45, 2.75) is 6.54 Å². The summed E-state index contributed by atoms with van der Waals surface area (Å²) in [5, 5.41) is 7.07. The van der Waals surface area contributed by atoms with Crippen molar-refractivity contribution in [3.05, 3.63) is 72.4 Å². The summed E-state index contributed by atoms with van der Waals surface area (Å²) in [6.45, 7) is 0.490. The number of methoxy groups -OCH3 is 1. The van der Waals surface area contributed by atoms with Gasteiger partial charge in [-0.2, -0.15) is 5.10 Å². The largest absolute Gasteiger partial charge is 0.497 e. The van der Waals surface area contributed by atoms with Crippen molar-refractivity contribution in [2.24, 2.45) is 0 Å². The fourth-order valence-electron chi connectivity index (χ4n) is 2.31. The smallest absolute Gasteiger partial charge is 0.263 e. The van der Waals surface area contributed by atoms with E-state index in [0.717, 1.165) is 11.3 Å². The third-order valence-electron chi connectivity index (χ3n) is 3.59. The van der Waals surface area contributed by atoms with E-state index in [1.807, 2.05) is 42.5 Å². The van der Waals surface area contributed by atoms with Gasteiger partial charge in [-0.1, -0.05) is 30.3 Å². The number of anilines is 1. The van der Waals surface area contributed by atoms with Crippen molar-refractivity contribution < 1.29 is 14.3 Å². The monoisotopic (exact) mass is 337 g/mol. The molecule has 3 rings (SSSR count). The first-order valence-corrected chi connectivity index (χ1v) is 7.87. The van der Waals surface area contributed by atoms with Crippen LogP contribution in [0, 0.1) is 0 Å². The summed E-state index contributed by atoms with van der Waals surface area (Å²) >= 11 is 0. The number of ether oxygens (including phenoxy) is 2. The maximum atomic E-state index is 12.1. The van der Waals surface area contributed by atoms with E-state index < -0.39 is 0 Å². The Morgan fingerprint density at radius 2 is 1.80 bits per heavy atom. The van der Waals surface area contributed by atoms with Gasteiger partial charge < -0.3 is 14.8 Å². The lowest BCUT2D eigenvalue weighted by molar-refractivity contribution is -0.118. The van der Waals surface area contributed by atoms with Gasteiger partial charge in [-0.3, -0.25) is 4.79 Å². The van der Waals surface area contributed by atoms with E-state index in [-0.39, 0.29) is 12.5 Å². The number of hydrogen-bond donors (Lipinski definition) is 1. The van der Waals surface area contributed by atoms with E-state index in [9.17, 15) is 4.79 Å². The zero-order chi connectivity index (χ0) is 17.5. The molecule has 0 spiro atoms. The number of carbonyl (C=O) groups is 1. The van der Waals surface area contributed by atoms with E-state index in [4.69, 9.17) is 9.47 Å². The van der Waals surface area contributed by atoms with E-state index in [2.05, 4.69) is 10.4 Å². The molecule has 1 heterocycles. The predicted molar refractivity (Wildman–Crippen MR) is 94.9 cm³/mol. The number of carbonyl (C=O) groups excluding carboxylic acids is 1. The summed E-state index contributed by atoms with van der Waals surface area (Å²) in [5.41, 5.74) is 1.06. The summed E-state index contributed by atoms with van der Waals surface area (Å²) in [5.74, 6) is 1.85. The minimum Gasteiger partial charge on any atom is -0.497 e. The second kappa shape index (κ2) is 8.01. The molecule has 25 heavy (non-hydrogen) atoms. The Labute approximate surface area is 146 Å². The molecule has 0 fully saturated rings. The van der Waals surface area contributed by atoms with Crippen LogP contribution in [0.1, 0.15) is 5.56 Å². The molecule has 0 aliphatic carbocycles. The number of rotatable bonds is 7. The molecule has 6 heteroatoms. The lowest BCUT2D eigenvalue weighted by Gasteiger charge is -2.10. The van der Waals surface area contributed by atoms with Crippen molar-refractivity contribution in [1.29, 1.82) is 0 Å². The Morgan fingerprint density at radius 1 is 1.04 bits per heavy atom. The SMILES string of the molecule is COc1ccc(Cn2nccc2NC(=O)COc2ccccc2)cc1. The third kappa shape index (κ3) is 4.60. The quantitative estimate of drug-likeness (QED) is 0.720. The normalized spacial score (nSPS) is 10.3. The summed E-state index contributed by atoms with van der Waals surface area (Å²) in [6, 6.07) is 18.7. The first-order valence-electron chi connectivity index (χ1n) is 7.87. The highest BCUT2D eigenvalue weighted by molar-refractivity contribution is 5.91. The number of para-hydroxylation sites is 1. The van der Waals surface area contributed by atoms with Crippen molar-refractivity contribution in [3.8, 4) is 11.5 Å². The molecule has 0 aliphatic heterocycles. The Morgan fingerprint density at radius 3 is 2.52 bits per heavy atom. The van der Waals surface area contributed by atoms with Crippen LogP contribution in [0.4, 0.5) is 5.82 Å². The standard InChI is InChI=1S/C19H19N3O3/c1-24-16-9-7-15(8-10-16)13-22-18(11-12-20-22)21-19(23)14-25-17-5-3-2-4-6-17/h2-12H,13-14H2,1H3,(H,21,23). The molecule has 3 aromatic rings. The zero-order valence-electron chi connectivity index (χ0n) is 13.9. The molecule has 0 atom stereocenters. The van der Waals surface area contributed by atoms with Crippen molar-refractivity contribution >= 4 is 11.7 Å². The van der Waals surface area contributed by atoms with E-state index in [1.165, 1.54) is 0 Å². The Bertz CT molecular complexity index is 813. The van der Waals surface area contributed by atoms with Gasteiger partial charge in [0.1, 0.15) is 17.3 Å². The number of aromatic nitrogens is 2. The molecule has 0 saturated carbocycles. The van der Waals surface area contributed by atoms with E-state index >= 15 is 0 Å². The fraction of sp³-hybridized carbons (Fsp3) is 0.158. The highest BCUT2D eigenvalue weighted by Gasteiger charge is 2.09. The Kier molecular flexibility index (Phi) is 5.31. The zero-order valence-corrected chi connectivity index (χ0v) is 13.9. The lowest BCUT2D eigenvalue weighted by atomic mass is 10.2. The fourth-order valence-corrected chi connectivity index (χ4v) is 2.31. The predicted octanol–water partition coefficient (Wildman–Crippen LogP) is 2.96. The highest BCUT2D eigenvalue weighted by atomic mass is 16.5. The molecule has 6 nitrogen and oxygen atoms in total. The van der Waals surface area contributed by atoms with Crippen LogP contribution in [0.3, 0.4) is 0 Å². The maximum Gasteiger partial charge on any atom is 0.263 e. The Balaban J connectivity index is 1.58. The summed E-state index contributed by atoms with van der Waals surface area (Å²) in [4.78, 5) is 12.1. The number of amides is 1. The Hall–Kier alpha value is -3.28. The second-order valence-corrected chi connectivity index (χ2v) is 5.37. The lowest BCUT2D eigenvalue weighted by Crippen LogP contribution is -2.22. The summed E-state index contributed by atoms with van der Waals surface area (Å²) < 4.78 is 12.3. The van der Waals surface area contributed by atoms with Crippen LogP contribution in [-0.2, 0) is 11.3 Å². The van der Waals surface area contributed by atoms with Gasteiger partial charge in [0.15, 0.2) is 6.61 Å². The number of hydrogen-bond acceptors (Lipinski definition) is 4. The van der Waals surface area contributed by atoms with Gasteiger partial charge in [-0.05, 0) is 29.8 Å². The van der Waals surface area contributed by atoms with Gasteiger partial charge >= 0.3 is 0 Å². The topological polar surface area (TPSA) is 65.4 Å². The molecule has 0 radical (unpaired) electrons. The molecule has 0 saturated heterocycles. The van der Waals surface area contributed by atoms with Gasteiger partial charge in [0.2, 0.25) is 0 Å². The summed E-state index contributed by atoms with van der Waals surface area (Å²) in [6.07, 6.45) is 1.65. The second-order valence-electron chi connectivity index (χ2n) is 5.37. The van der Waals surface area contributed by atoms with Crippen molar-refractivity contribution in [1.82, 2.24) is 9.78 Å². The molecule has 128 valence electrons.